The van der Waals surface area contributed by atoms with E-state index in [1.54, 1.807) is 6.07 Å². The van der Waals surface area contributed by atoms with Gasteiger partial charge in [-0.25, -0.2) is 0 Å². The molecule has 0 aliphatic heterocycles. The molecule has 0 amide bonds. The van der Waals surface area contributed by atoms with E-state index in [0.717, 1.165) is 16.3 Å². The lowest BCUT2D eigenvalue weighted by molar-refractivity contribution is -0.137. The second-order valence-electron chi connectivity index (χ2n) is 4.05. The summed E-state index contributed by atoms with van der Waals surface area (Å²) in [6, 6.07) is 5.87. The van der Waals surface area contributed by atoms with E-state index in [9.17, 15) is 13.2 Å². The molecule has 1 aromatic carbocycles. The van der Waals surface area contributed by atoms with Gasteiger partial charge >= 0.3 is 6.18 Å². The van der Waals surface area contributed by atoms with Crippen molar-refractivity contribution in [2.24, 2.45) is 0 Å². The molecule has 0 saturated carbocycles. The molecule has 4 heteroatoms. The number of halogens is 3. The maximum atomic E-state index is 12.5. The first-order valence-electron chi connectivity index (χ1n) is 4.98. The first kappa shape index (κ1) is 11.5. The third-order valence-electron chi connectivity index (χ3n) is 2.44. The predicted octanol–water partition coefficient (Wildman–Crippen LogP) is 5.04. The van der Waals surface area contributed by atoms with Crippen LogP contribution < -0.4 is 0 Å². The van der Waals surface area contributed by atoms with Gasteiger partial charge in [-0.1, -0.05) is 19.9 Å². The van der Waals surface area contributed by atoms with E-state index < -0.39 is 11.7 Å². The van der Waals surface area contributed by atoms with Crippen molar-refractivity contribution in [2.75, 3.05) is 0 Å². The van der Waals surface area contributed by atoms with Gasteiger partial charge in [0, 0.05) is 9.58 Å². The minimum Gasteiger partial charge on any atom is -0.166 e. The average molecular weight is 244 g/mol. The minimum atomic E-state index is -4.25. The van der Waals surface area contributed by atoms with Gasteiger partial charge in [-0.15, -0.1) is 11.3 Å². The first-order chi connectivity index (χ1) is 7.38. The molecule has 2 rings (SSSR count). The zero-order valence-electron chi connectivity index (χ0n) is 8.93. The summed E-state index contributed by atoms with van der Waals surface area (Å²) < 4.78 is 38.2. The molecule has 1 heterocycles. The third kappa shape index (κ3) is 2.07. The van der Waals surface area contributed by atoms with Crippen LogP contribution in [0.4, 0.5) is 13.2 Å². The second kappa shape index (κ2) is 3.77. The summed E-state index contributed by atoms with van der Waals surface area (Å²) >= 11 is 1.44. The van der Waals surface area contributed by atoms with E-state index in [2.05, 4.69) is 0 Å². The highest BCUT2D eigenvalue weighted by Gasteiger charge is 2.30. The van der Waals surface area contributed by atoms with Gasteiger partial charge in [0.2, 0.25) is 0 Å². The van der Waals surface area contributed by atoms with Crippen LogP contribution in [0.15, 0.2) is 24.3 Å². The summed E-state index contributed by atoms with van der Waals surface area (Å²) in [5.41, 5.74) is -0.572. The van der Waals surface area contributed by atoms with E-state index in [1.165, 1.54) is 17.4 Å². The van der Waals surface area contributed by atoms with E-state index in [-0.39, 0.29) is 0 Å². The van der Waals surface area contributed by atoms with Crippen molar-refractivity contribution < 1.29 is 13.2 Å². The highest BCUT2D eigenvalue weighted by atomic mass is 32.1. The number of benzene rings is 1. The van der Waals surface area contributed by atoms with Crippen molar-refractivity contribution in [3.05, 3.63) is 34.7 Å². The molecule has 2 aromatic rings. The fraction of sp³-hybridized carbons (Fsp3) is 0.333. The lowest BCUT2D eigenvalue weighted by Gasteiger charge is -2.05. The highest BCUT2D eigenvalue weighted by molar-refractivity contribution is 7.19. The van der Waals surface area contributed by atoms with Gasteiger partial charge in [0.05, 0.1) is 5.56 Å². The van der Waals surface area contributed by atoms with Crippen LogP contribution in [0.1, 0.15) is 30.2 Å². The molecule has 0 fully saturated rings. The van der Waals surface area contributed by atoms with Crippen LogP contribution in [0.2, 0.25) is 0 Å². The van der Waals surface area contributed by atoms with Crippen LogP contribution in [0.25, 0.3) is 10.1 Å². The first-order valence-corrected chi connectivity index (χ1v) is 5.80. The SMILES string of the molecule is CC(C)c1cc2ccc(C(F)(F)F)cc2s1. The van der Waals surface area contributed by atoms with Crippen LogP contribution in [0, 0.1) is 0 Å². The Bertz CT molecular complexity index is 508. The van der Waals surface area contributed by atoms with Crippen molar-refractivity contribution in [1.29, 1.82) is 0 Å². The molecule has 0 spiro atoms. The number of thiophene rings is 1. The van der Waals surface area contributed by atoms with Gasteiger partial charge in [0.25, 0.3) is 0 Å². The summed E-state index contributed by atoms with van der Waals surface area (Å²) in [5, 5.41) is 0.890. The van der Waals surface area contributed by atoms with Gasteiger partial charge in [-0.2, -0.15) is 13.2 Å². The summed E-state index contributed by atoms with van der Waals surface area (Å²) in [6.45, 7) is 4.07. The van der Waals surface area contributed by atoms with E-state index in [1.807, 2.05) is 19.9 Å². The van der Waals surface area contributed by atoms with E-state index >= 15 is 0 Å². The molecule has 0 aliphatic rings. The number of fused-ring (bicyclic) bond motifs is 1. The summed E-state index contributed by atoms with van der Waals surface area (Å²) in [7, 11) is 0. The Morgan fingerprint density at radius 2 is 1.81 bits per heavy atom. The van der Waals surface area contributed by atoms with Crippen molar-refractivity contribution in [2.45, 2.75) is 25.9 Å². The zero-order chi connectivity index (χ0) is 11.9. The lowest BCUT2D eigenvalue weighted by atomic mass is 10.1. The van der Waals surface area contributed by atoms with Crippen LogP contribution >= 0.6 is 11.3 Å². The fourth-order valence-corrected chi connectivity index (χ4v) is 2.62. The quantitative estimate of drug-likeness (QED) is 0.659. The normalized spacial score (nSPS) is 12.6. The zero-order valence-corrected chi connectivity index (χ0v) is 9.75. The average Bonchev–Trinajstić information content (AvgIpc) is 2.58. The Balaban J connectivity index is 2.54. The molecule has 16 heavy (non-hydrogen) atoms. The summed E-state index contributed by atoms with van der Waals surface area (Å²) in [6.07, 6.45) is -4.25. The number of alkyl halides is 3. The molecule has 0 aliphatic carbocycles. The number of hydrogen-bond acceptors (Lipinski definition) is 1. The van der Waals surface area contributed by atoms with Crippen LogP contribution in [0.5, 0.6) is 0 Å². The molecule has 0 atom stereocenters. The molecular weight excluding hydrogens is 233 g/mol. The smallest absolute Gasteiger partial charge is 0.166 e. The van der Waals surface area contributed by atoms with Gasteiger partial charge < -0.3 is 0 Å². The highest BCUT2D eigenvalue weighted by Crippen LogP contribution is 2.36. The molecule has 0 saturated heterocycles. The fourth-order valence-electron chi connectivity index (χ4n) is 1.51. The van der Waals surface area contributed by atoms with Gasteiger partial charge in [0.1, 0.15) is 0 Å². The summed E-state index contributed by atoms with van der Waals surface area (Å²) in [5.74, 6) is 0.353. The van der Waals surface area contributed by atoms with Crippen molar-refractivity contribution in [1.82, 2.24) is 0 Å². The summed E-state index contributed by atoms with van der Waals surface area (Å²) in [4.78, 5) is 1.12. The number of rotatable bonds is 1. The Morgan fingerprint density at radius 3 is 2.38 bits per heavy atom. The monoisotopic (exact) mass is 244 g/mol. The van der Waals surface area contributed by atoms with Gasteiger partial charge in [0.15, 0.2) is 0 Å². The number of hydrogen-bond donors (Lipinski definition) is 0. The lowest BCUT2D eigenvalue weighted by Crippen LogP contribution is -2.03. The maximum Gasteiger partial charge on any atom is 0.416 e. The van der Waals surface area contributed by atoms with Crippen molar-refractivity contribution in [3.63, 3.8) is 0 Å². The Morgan fingerprint density at radius 1 is 1.12 bits per heavy atom. The van der Waals surface area contributed by atoms with E-state index in [4.69, 9.17) is 0 Å². The Kier molecular flexibility index (Phi) is 2.70. The molecule has 0 nitrogen and oxygen atoms in total. The molecule has 0 bridgehead atoms. The Labute approximate surface area is 95.7 Å². The maximum absolute atomic E-state index is 12.5. The van der Waals surface area contributed by atoms with Crippen molar-refractivity contribution >= 4 is 21.4 Å². The topological polar surface area (TPSA) is 0 Å². The van der Waals surface area contributed by atoms with Crippen LogP contribution in [-0.4, -0.2) is 0 Å². The molecule has 86 valence electrons. The van der Waals surface area contributed by atoms with Gasteiger partial charge in [-0.05, 0) is 29.5 Å². The standard InChI is InChI=1S/C12H11F3S/c1-7(2)10-5-8-3-4-9(12(13,14)15)6-11(8)16-10/h3-7H,1-2H3. The molecular formula is C12H11F3S. The van der Waals surface area contributed by atoms with E-state index in [0.29, 0.717) is 10.6 Å². The Hall–Kier alpha value is -1.03. The minimum absolute atomic E-state index is 0.353. The molecule has 0 radical (unpaired) electrons. The third-order valence-corrected chi connectivity index (χ3v) is 3.83. The molecule has 0 N–H and O–H groups in total. The predicted molar refractivity (Wildman–Crippen MR) is 60.9 cm³/mol. The molecule has 1 aromatic heterocycles. The second-order valence-corrected chi connectivity index (χ2v) is 5.17. The van der Waals surface area contributed by atoms with Gasteiger partial charge in [-0.3, -0.25) is 0 Å². The van der Waals surface area contributed by atoms with Crippen LogP contribution in [-0.2, 0) is 6.18 Å². The van der Waals surface area contributed by atoms with Crippen molar-refractivity contribution in [3.8, 4) is 0 Å². The molecule has 0 unspecified atom stereocenters. The van der Waals surface area contributed by atoms with Crippen LogP contribution in [0.3, 0.4) is 0 Å². The largest absolute Gasteiger partial charge is 0.416 e.